The summed E-state index contributed by atoms with van der Waals surface area (Å²) >= 11 is 0. The van der Waals surface area contributed by atoms with Gasteiger partial charge in [-0.05, 0) is 30.2 Å². The first kappa shape index (κ1) is 15.3. The van der Waals surface area contributed by atoms with E-state index in [1.54, 1.807) is 6.07 Å². The molecule has 4 rings (SSSR count). The van der Waals surface area contributed by atoms with Gasteiger partial charge in [-0.15, -0.1) is 0 Å². The van der Waals surface area contributed by atoms with Crippen molar-refractivity contribution in [1.82, 2.24) is 0 Å². The molecule has 0 bridgehead atoms. The Morgan fingerprint density at radius 1 is 0.800 bits per heavy atom. The molecule has 0 saturated heterocycles. The molecule has 1 N–H and O–H groups in total. The Morgan fingerprint density at radius 2 is 1.52 bits per heavy atom. The van der Waals surface area contributed by atoms with Crippen LogP contribution in [0.1, 0.15) is 16.7 Å². The molecule has 0 aromatic heterocycles. The van der Waals surface area contributed by atoms with E-state index in [4.69, 9.17) is 4.99 Å². The van der Waals surface area contributed by atoms with Crippen molar-refractivity contribution in [3.63, 3.8) is 0 Å². The summed E-state index contributed by atoms with van der Waals surface area (Å²) in [4.78, 5) is 9.35. The Bertz CT molecular complexity index is 988. The number of phenols is 1. The van der Waals surface area contributed by atoms with Gasteiger partial charge in [0.1, 0.15) is 5.75 Å². The number of amidine groups is 1. The minimum absolute atomic E-state index is 0.247. The van der Waals surface area contributed by atoms with Crippen LogP contribution in [0.2, 0.25) is 0 Å². The number of rotatable bonds is 3. The quantitative estimate of drug-likeness (QED) is 0.750. The molecule has 0 spiro atoms. The first-order valence-corrected chi connectivity index (χ1v) is 8.29. The normalized spacial score (nSPS) is 13.5. The zero-order chi connectivity index (χ0) is 17.2. The Hall–Kier alpha value is -3.20. The van der Waals surface area contributed by atoms with Gasteiger partial charge in [0.15, 0.2) is 5.84 Å². The van der Waals surface area contributed by atoms with Gasteiger partial charge in [0, 0.05) is 11.1 Å². The van der Waals surface area contributed by atoms with Gasteiger partial charge in [0.05, 0.1) is 12.3 Å². The van der Waals surface area contributed by atoms with Crippen LogP contribution in [0, 0.1) is 6.92 Å². The number of hydrogen-bond acceptors (Lipinski definition) is 3. The largest absolute Gasteiger partial charge is 0.507 e. The molecule has 25 heavy (non-hydrogen) atoms. The SMILES string of the molecule is Cc1ccc(O)c(C2=NC(c3ccccc3-c3ccccc3)=NC2)c1. The van der Waals surface area contributed by atoms with Gasteiger partial charge in [-0.25, -0.2) is 4.99 Å². The molecule has 0 unspecified atom stereocenters. The molecule has 3 nitrogen and oxygen atoms in total. The maximum atomic E-state index is 10.2. The van der Waals surface area contributed by atoms with Crippen LogP contribution in [0.25, 0.3) is 11.1 Å². The van der Waals surface area contributed by atoms with Gasteiger partial charge < -0.3 is 5.11 Å². The second kappa shape index (κ2) is 6.36. The third kappa shape index (κ3) is 2.96. The zero-order valence-electron chi connectivity index (χ0n) is 14.0. The van der Waals surface area contributed by atoms with Gasteiger partial charge in [0.25, 0.3) is 0 Å². The lowest BCUT2D eigenvalue weighted by molar-refractivity contribution is 0.474. The lowest BCUT2D eigenvalue weighted by Gasteiger charge is -2.08. The Balaban J connectivity index is 1.75. The molecule has 122 valence electrons. The second-order valence-corrected chi connectivity index (χ2v) is 6.13. The van der Waals surface area contributed by atoms with Crippen molar-refractivity contribution in [3.05, 3.63) is 89.5 Å². The molecule has 0 atom stereocenters. The molecule has 1 aliphatic rings. The van der Waals surface area contributed by atoms with Crippen LogP contribution >= 0.6 is 0 Å². The zero-order valence-corrected chi connectivity index (χ0v) is 14.0. The summed E-state index contributed by atoms with van der Waals surface area (Å²) in [5.74, 6) is 0.965. The molecule has 0 aliphatic carbocycles. The first-order chi connectivity index (χ1) is 12.2. The Morgan fingerprint density at radius 3 is 2.32 bits per heavy atom. The van der Waals surface area contributed by atoms with Crippen molar-refractivity contribution in [2.75, 3.05) is 6.54 Å². The number of nitrogens with zero attached hydrogens (tertiary/aromatic N) is 2. The van der Waals surface area contributed by atoms with Gasteiger partial charge in [-0.1, -0.05) is 66.2 Å². The van der Waals surface area contributed by atoms with Crippen LogP contribution in [0.4, 0.5) is 0 Å². The highest BCUT2D eigenvalue weighted by atomic mass is 16.3. The van der Waals surface area contributed by atoms with Crippen molar-refractivity contribution in [2.24, 2.45) is 9.98 Å². The van der Waals surface area contributed by atoms with Gasteiger partial charge in [0.2, 0.25) is 0 Å². The van der Waals surface area contributed by atoms with Crippen molar-refractivity contribution in [3.8, 4) is 16.9 Å². The summed E-state index contributed by atoms with van der Waals surface area (Å²) in [7, 11) is 0. The fraction of sp³-hybridized carbons (Fsp3) is 0.0909. The predicted octanol–water partition coefficient (Wildman–Crippen LogP) is 4.62. The summed E-state index contributed by atoms with van der Waals surface area (Å²) in [5.41, 5.74) is 5.92. The van der Waals surface area contributed by atoms with E-state index >= 15 is 0 Å². The van der Waals surface area contributed by atoms with Crippen LogP contribution in [-0.2, 0) is 0 Å². The Labute approximate surface area is 147 Å². The summed E-state index contributed by atoms with van der Waals surface area (Å²) in [5, 5.41) is 10.2. The highest BCUT2D eigenvalue weighted by Crippen LogP contribution is 2.27. The van der Waals surface area contributed by atoms with Crippen LogP contribution in [0.3, 0.4) is 0 Å². The lowest BCUT2D eigenvalue weighted by Crippen LogP contribution is -2.03. The van der Waals surface area contributed by atoms with Gasteiger partial charge >= 0.3 is 0 Å². The molecule has 0 amide bonds. The number of phenolic OH excluding ortho intramolecular Hbond substituents is 1. The van der Waals surface area contributed by atoms with Crippen LogP contribution in [-0.4, -0.2) is 23.2 Å². The van der Waals surface area contributed by atoms with Crippen LogP contribution < -0.4 is 0 Å². The van der Waals surface area contributed by atoms with E-state index in [0.29, 0.717) is 6.54 Å². The number of aromatic hydroxyl groups is 1. The summed E-state index contributed by atoms with van der Waals surface area (Å²) < 4.78 is 0. The first-order valence-electron chi connectivity index (χ1n) is 8.29. The second-order valence-electron chi connectivity index (χ2n) is 6.13. The van der Waals surface area contributed by atoms with Gasteiger partial charge in [-0.2, -0.15) is 0 Å². The van der Waals surface area contributed by atoms with E-state index in [2.05, 4.69) is 23.2 Å². The highest BCUT2D eigenvalue weighted by Gasteiger charge is 2.18. The molecular weight excluding hydrogens is 308 g/mol. The van der Waals surface area contributed by atoms with Crippen molar-refractivity contribution < 1.29 is 5.11 Å². The Kier molecular flexibility index (Phi) is 3.90. The summed E-state index contributed by atoms with van der Waals surface area (Å²) in [6.45, 7) is 2.49. The van der Waals surface area contributed by atoms with Gasteiger partial charge in [-0.3, -0.25) is 4.99 Å². The van der Waals surface area contributed by atoms with E-state index in [0.717, 1.165) is 39.4 Å². The standard InChI is InChI=1S/C22H18N2O/c1-15-11-12-21(25)19(13-15)20-14-23-22(24-20)18-10-6-5-9-17(18)16-7-3-2-4-8-16/h2-13,25H,14H2,1H3. The van der Waals surface area contributed by atoms with E-state index in [1.165, 1.54) is 0 Å². The van der Waals surface area contributed by atoms with Crippen LogP contribution in [0.15, 0.2) is 82.8 Å². The molecule has 0 saturated carbocycles. The molecule has 3 aromatic carbocycles. The maximum absolute atomic E-state index is 10.2. The molecule has 3 aromatic rings. The van der Waals surface area contributed by atoms with Crippen LogP contribution in [0.5, 0.6) is 5.75 Å². The lowest BCUT2D eigenvalue weighted by atomic mass is 9.99. The van der Waals surface area contributed by atoms with E-state index in [9.17, 15) is 5.11 Å². The number of benzene rings is 3. The number of hydrogen-bond donors (Lipinski definition) is 1. The average molecular weight is 326 g/mol. The number of aliphatic imine (C=N–C) groups is 2. The topological polar surface area (TPSA) is 45.0 Å². The monoisotopic (exact) mass is 326 g/mol. The van der Waals surface area contributed by atoms with Crippen molar-refractivity contribution in [2.45, 2.75) is 6.92 Å². The molecule has 0 fully saturated rings. The molecule has 1 aliphatic heterocycles. The third-order valence-corrected chi connectivity index (χ3v) is 4.34. The summed E-state index contributed by atoms with van der Waals surface area (Å²) in [6.07, 6.45) is 0. The minimum atomic E-state index is 0.247. The molecular formula is C22H18N2O. The molecule has 0 radical (unpaired) electrons. The molecule has 1 heterocycles. The maximum Gasteiger partial charge on any atom is 0.155 e. The fourth-order valence-electron chi connectivity index (χ4n) is 3.07. The fourth-order valence-corrected chi connectivity index (χ4v) is 3.07. The summed E-state index contributed by atoms with van der Waals surface area (Å²) in [6, 6.07) is 24.0. The smallest absolute Gasteiger partial charge is 0.155 e. The average Bonchev–Trinajstić information content (AvgIpc) is 3.14. The van der Waals surface area contributed by atoms with E-state index in [1.807, 2.05) is 55.5 Å². The third-order valence-electron chi connectivity index (χ3n) is 4.34. The van der Waals surface area contributed by atoms with E-state index in [-0.39, 0.29) is 5.75 Å². The highest BCUT2D eigenvalue weighted by molar-refractivity contribution is 6.19. The van der Waals surface area contributed by atoms with Crippen molar-refractivity contribution in [1.29, 1.82) is 0 Å². The minimum Gasteiger partial charge on any atom is -0.507 e. The van der Waals surface area contributed by atoms with E-state index < -0.39 is 0 Å². The van der Waals surface area contributed by atoms with Crippen molar-refractivity contribution >= 4 is 11.5 Å². The number of aryl methyl sites for hydroxylation is 1. The predicted molar refractivity (Wildman–Crippen MR) is 103 cm³/mol. The molecule has 3 heteroatoms.